The summed E-state index contributed by atoms with van der Waals surface area (Å²) in [4.78, 5) is 11.4. The molecule has 30 heavy (non-hydrogen) atoms. The Kier molecular flexibility index (Phi) is 10.5. The van der Waals surface area contributed by atoms with Crippen LogP contribution >= 0.6 is 0 Å². The summed E-state index contributed by atoms with van der Waals surface area (Å²) in [6.07, 6.45) is 0.966. The van der Waals surface area contributed by atoms with Crippen molar-refractivity contribution in [2.75, 3.05) is 13.7 Å². The number of hydrogen-bond acceptors (Lipinski definition) is 6. The number of hydroxylamine groups is 1. The van der Waals surface area contributed by atoms with E-state index in [-0.39, 0.29) is 11.1 Å². The first kappa shape index (κ1) is 26.2. The number of ether oxygens (including phenoxy) is 3. The minimum Gasteiger partial charge on any atom is -0.497 e. The van der Waals surface area contributed by atoms with Crippen LogP contribution in [-0.2, 0) is 20.5 Å². The predicted octanol–water partition coefficient (Wildman–Crippen LogP) is 5.05. The maximum Gasteiger partial charge on any atom is 0.431 e. The van der Waals surface area contributed by atoms with Gasteiger partial charge in [0, 0.05) is 13.0 Å². The largest absolute Gasteiger partial charge is 0.497 e. The van der Waals surface area contributed by atoms with E-state index in [1.54, 1.807) is 7.11 Å². The van der Waals surface area contributed by atoms with Crippen molar-refractivity contribution in [3.8, 4) is 5.75 Å². The van der Waals surface area contributed by atoms with Crippen LogP contribution in [0.25, 0.3) is 0 Å². The number of rotatable bonds is 12. The fourth-order valence-corrected chi connectivity index (χ4v) is 3.96. The number of carbonyl (C=O) groups is 1. The third-order valence-corrected chi connectivity index (χ3v) is 9.92. The molecule has 0 heterocycles. The molecule has 1 amide bonds. The molecule has 0 bridgehead atoms. The van der Waals surface area contributed by atoms with Gasteiger partial charge < -0.3 is 18.6 Å². The molecule has 0 spiro atoms. The van der Waals surface area contributed by atoms with Crippen molar-refractivity contribution in [3.63, 3.8) is 0 Å². The molecule has 170 valence electrons. The van der Waals surface area contributed by atoms with Crippen molar-refractivity contribution in [2.45, 2.75) is 70.6 Å². The molecular weight excluding hydrogens is 402 g/mol. The molecule has 0 aliphatic carbocycles. The summed E-state index contributed by atoms with van der Waals surface area (Å²) in [5.41, 5.74) is 2.54. The van der Waals surface area contributed by atoms with Gasteiger partial charge in [0.1, 0.15) is 11.9 Å². The van der Waals surface area contributed by atoms with Gasteiger partial charge in [0.15, 0.2) is 8.32 Å². The molecule has 0 unspecified atom stereocenters. The zero-order chi connectivity index (χ0) is 22.8. The average Bonchev–Trinajstić information content (AvgIpc) is 2.69. The summed E-state index contributed by atoms with van der Waals surface area (Å²) in [5, 5.41) is 8.75. The van der Waals surface area contributed by atoms with Crippen LogP contribution in [0.2, 0.25) is 18.1 Å². The van der Waals surface area contributed by atoms with E-state index in [9.17, 15) is 4.79 Å². The summed E-state index contributed by atoms with van der Waals surface area (Å²) < 4.78 is 22.7. The molecule has 8 heteroatoms. The minimum absolute atomic E-state index is 0.0439. The Labute approximate surface area is 181 Å². The van der Waals surface area contributed by atoms with Gasteiger partial charge in [-0.1, -0.05) is 45.6 Å². The quantitative estimate of drug-likeness (QED) is 0.156. The normalized spacial score (nSPS) is 14.0. The summed E-state index contributed by atoms with van der Waals surface area (Å²) in [6, 6.07) is 7.75. The third kappa shape index (κ3) is 8.87. The van der Waals surface area contributed by atoms with E-state index in [4.69, 9.17) is 23.8 Å². The molecule has 0 aliphatic rings. The smallest absolute Gasteiger partial charge is 0.431 e. The molecule has 0 aromatic heterocycles. The minimum atomic E-state index is -2.04. The zero-order valence-electron chi connectivity index (χ0n) is 19.1. The van der Waals surface area contributed by atoms with Crippen molar-refractivity contribution >= 4 is 14.4 Å². The SMILES string of the molecule is C=C[C@H](C[C@@H](CCOCc1ccc(OC)cc1)O[Si](C)(C)C(C)(C)C)OC(=O)NO. The number of hydrogen-bond donors (Lipinski definition) is 2. The van der Waals surface area contributed by atoms with Gasteiger partial charge >= 0.3 is 6.09 Å². The van der Waals surface area contributed by atoms with E-state index in [1.165, 1.54) is 11.6 Å². The molecule has 0 aliphatic heterocycles. The third-order valence-electron chi connectivity index (χ3n) is 5.39. The molecule has 2 N–H and O–H groups in total. The van der Waals surface area contributed by atoms with Gasteiger partial charge in [-0.2, -0.15) is 0 Å². The Balaban J connectivity index is 2.71. The van der Waals surface area contributed by atoms with Crippen LogP contribution < -0.4 is 10.2 Å². The summed E-state index contributed by atoms with van der Waals surface area (Å²) in [6.45, 7) is 15.6. The maximum atomic E-state index is 11.4. The first-order chi connectivity index (χ1) is 14.0. The number of benzene rings is 1. The van der Waals surface area contributed by atoms with Crippen LogP contribution in [0, 0.1) is 0 Å². The molecule has 0 fully saturated rings. The highest BCUT2D eigenvalue weighted by Gasteiger charge is 2.39. The van der Waals surface area contributed by atoms with E-state index in [0.29, 0.717) is 26.1 Å². The second-order valence-electron chi connectivity index (χ2n) is 8.72. The Morgan fingerprint density at radius 1 is 1.27 bits per heavy atom. The number of nitrogens with one attached hydrogen (secondary N) is 1. The van der Waals surface area contributed by atoms with Gasteiger partial charge in [0.25, 0.3) is 0 Å². The average molecular weight is 440 g/mol. The van der Waals surface area contributed by atoms with Crippen LogP contribution in [0.4, 0.5) is 4.79 Å². The van der Waals surface area contributed by atoms with Crippen LogP contribution in [0.5, 0.6) is 5.75 Å². The molecule has 1 aromatic carbocycles. The molecule has 0 saturated carbocycles. The van der Waals surface area contributed by atoms with Gasteiger partial charge in [-0.3, -0.25) is 5.21 Å². The van der Waals surface area contributed by atoms with E-state index in [2.05, 4.69) is 40.4 Å². The van der Waals surface area contributed by atoms with Crippen molar-refractivity contribution in [3.05, 3.63) is 42.5 Å². The van der Waals surface area contributed by atoms with E-state index < -0.39 is 20.5 Å². The zero-order valence-corrected chi connectivity index (χ0v) is 20.1. The second kappa shape index (κ2) is 12.1. The van der Waals surface area contributed by atoms with Crippen molar-refractivity contribution < 1.29 is 28.6 Å². The molecule has 0 radical (unpaired) electrons. The highest BCUT2D eigenvalue weighted by molar-refractivity contribution is 6.74. The van der Waals surface area contributed by atoms with Gasteiger partial charge in [-0.15, -0.1) is 0 Å². The standard InChI is InChI=1S/C22H37NO6Si/c1-8-18(28-21(24)23-25)15-20(29-30(6,7)22(2,3)4)13-14-27-16-17-9-11-19(26-5)12-10-17/h8-12,18,20,25H,1,13-16H2,2-7H3,(H,23,24)/t18-,20-/m1/s1. The summed E-state index contributed by atoms with van der Waals surface area (Å²) >= 11 is 0. The Morgan fingerprint density at radius 3 is 2.40 bits per heavy atom. The summed E-state index contributed by atoms with van der Waals surface area (Å²) in [5.74, 6) is 0.809. The number of amides is 1. The van der Waals surface area contributed by atoms with Crippen LogP contribution in [0.3, 0.4) is 0 Å². The van der Waals surface area contributed by atoms with Gasteiger partial charge in [0.2, 0.25) is 0 Å². The molecule has 0 saturated heterocycles. The highest BCUT2D eigenvalue weighted by Crippen LogP contribution is 2.38. The topological polar surface area (TPSA) is 86.2 Å². The Hall–Kier alpha value is -1.87. The van der Waals surface area contributed by atoms with E-state index in [1.807, 2.05) is 24.3 Å². The first-order valence-corrected chi connectivity index (χ1v) is 13.0. The lowest BCUT2D eigenvalue weighted by atomic mass is 10.1. The molecule has 1 aromatic rings. The van der Waals surface area contributed by atoms with E-state index in [0.717, 1.165) is 11.3 Å². The highest BCUT2D eigenvalue weighted by atomic mass is 28.4. The fraction of sp³-hybridized carbons (Fsp3) is 0.591. The molecule has 2 atom stereocenters. The van der Waals surface area contributed by atoms with Gasteiger partial charge in [-0.05, 0) is 42.2 Å². The van der Waals surface area contributed by atoms with Crippen molar-refractivity contribution in [1.29, 1.82) is 0 Å². The monoisotopic (exact) mass is 439 g/mol. The Morgan fingerprint density at radius 2 is 1.90 bits per heavy atom. The van der Waals surface area contributed by atoms with Gasteiger partial charge in [0.05, 0.1) is 19.8 Å². The number of methoxy groups -OCH3 is 1. The maximum absolute atomic E-state index is 11.4. The molecule has 1 rings (SSSR count). The lowest BCUT2D eigenvalue weighted by Gasteiger charge is -2.39. The van der Waals surface area contributed by atoms with E-state index >= 15 is 0 Å². The van der Waals surface area contributed by atoms with Crippen LogP contribution in [0.15, 0.2) is 36.9 Å². The first-order valence-electron chi connectivity index (χ1n) is 10.1. The van der Waals surface area contributed by atoms with Crippen molar-refractivity contribution in [2.24, 2.45) is 0 Å². The lowest BCUT2D eigenvalue weighted by Crippen LogP contribution is -2.45. The fourth-order valence-electron chi connectivity index (χ4n) is 2.56. The second-order valence-corrected chi connectivity index (χ2v) is 13.5. The lowest BCUT2D eigenvalue weighted by molar-refractivity contribution is 0.0352. The number of carbonyl (C=O) groups excluding carboxylic acids is 1. The summed E-state index contributed by atoms with van der Waals surface area (Å²) in [7, 11) is -0.402. The Bertz CT molecular complexity index is 657. The molecule has 7 nitrogen and oxygen atoms in total. The predicted molar refractivity (Wildman–Crippen MR) is 119 cm³/mol. The molecular formula is C22H37NO6Si. The van der Waals surface area contributed by atoms with Crippen molar-refractivity contribution in [1.82, 2.24) is 5.48 Å². The van der Waals surface area contributed by atoms with Crippen LogP contribution in [0.1, 0.15) is 39.2 Å². The van der Waals surface area contributed by atoms with Crippen LogP contribution in [-0.4, -0.2) is 45.5 Å². The van der Waals surface area contributed by atoms with Gasteiger partial charge in [-0.25, -0.2) is 10.3 Å².